The standard InChI is InChI=1S/C26H31N5O2/c1-29(2)21-14-10-19(11-15-21)17-30(18-23-9-6-16-33-23)26(32)24-27-25(20-12-13-20)31(28-24)22-7-4-3-5-8-22/h3-5,7-8,10-11,14-15,20,23H,6,9,12-13,16-18H2,1-2H3. The van der Waals surface area contributed by atoms with E-state index in [9.17, 15) is 4.79 Å². The number of aromatic nitrogens is 3. The highest BCUT2D eigenvalue weighted by molar-refractivity contribution is 5.90. The molecule has 7 heteroatoms. The van der Waals surface area contributed by atoms with Crippen LogP contribution in [-0.2, 0) is 11.3 Å². The molecule has 0 spiro atoms. The van der Waals surface area contributed by atoms with Crippen molar-refractivity contribution in [2.45, 2.75) is 44.2 Å². The van der Waals surface area contributed by atoms with Gasteiger partial charge in [-0.05, 0) is 55.5 Å². The van der Waals surface area contributed by atoms with Crippen molar-refractivity contribution in [3.63, 3.8) is 0 Å². The molecule has 5 rings (SSSR count). The summed E-state index contributed by atoms with van der Waals surface area (Å²) in [5, 5.41) is 4.68. The van der Waals surface area contributed by atoms with E-state index in [1.165, 1.54) is 0 Å². The van der Waals surface area contributed by atoms with Gasteiger partial charge < -0.3 is 14.5 Å². The number of hydrogen-bond donors (Lipinski definition) is 0. The number of rotatable bonds is 8. The molecule has 2 aliphatic rings. The van der Waals surface area contributed by atoms with Crippen LogP contribution < -0.4 is 4.90 Å². The third kappa shape index (κ3) is 4.93. The Morgan fingerprint density at radius 2 is 1.82 bits per heavy atom. The molecule has 1 saturated carbocycles. The van der Waals surface area contributed by atoms with Crippen molar-refractivity contribution in [2.75, 3.05) is 32.1 Å². The zero-order valence-electron chi connectivity index (χ0n) is 19.4. The first-order valence-electron chi connectivity index (χ1n) is 11.8. The molecule has 33 heavy (non-hydrogen) atoms. The van der Waals surface area contributed by atoms with Crippen molar-refractivity contribution in [2.24, 2.45) is 0 Å². The molecule has 1 aromatic heterocycles. The predicted octanol–water partition coefficient (Wildman–Crippen LogP) is 4.03. The lowest BCUT2D eigenvalue weighted by atomic mass is 10.1. The van der Waals surface area contributed by atoms with E-state index in [1.807, 2.05) is 54.0 Å². The van der Waals surface area contributed by atoms with Crippen molar-refractivity contribution in [3.8, 4) is 5.69 Å². The molecule has 1 aliphatic carbocycles. The first-order chi connectivity index (χ1) is 16.1. The Labute approximate surface area is 195 Å². The van der Waals surface area contributed by atoms with Gasteiger partial charge in [-0.1, -0.05) is 30.3 Å². The Hall–Kier alpha value is -3.19. The number of benzene rings is 2. The number of carbonyl (C=O) groups is 1. The zero-order chi connectivity index (χ0) is 22.8. The second kappa shape index (κ2) is 9.35. The Balaban J connectivity index is 1.42. The molecule has 3 aromatic rings. The number of amides is 1. The summed E-state index contributed by atoms with van der Waals surface area (Å²) in [5.41, 5.74) is 3.15. The molecular formula is C26H31N5O2. The molecular weight excluding hydrogens is 414 g/mol. The summed E-state index contributed by atoms with van der Waals surface area (Å²) in [6, 6.07) is 18.3. The molecule has 2 heterocycles. The van der Waals surface area contributed by atoms with Crippen molar-refractivity contribution >= 4 is 11.6 Å². The van der Waals surface area contributed by atoms with Crippen LogP contribution in [0.3, 0.4) is 0 Å². The van der Waals surface area contributed by atoms with Gasteiger partial charge in [-0.2, -0.15) is 0 Å². The van der Waals surface area contributed by atoms with Gasteiger partial charge in [0.2, 0.25) is 5.82 Å². The largest absolute Gasteiger partial charge is 0.378 e. The highest BCUT2D eigenvalue weighted by Crippen LogP contribution is 2.39. The lowest BCUT2D eigenvalue weighted by molar-refractivity contribution is 0.0498. The van der Waals surface area contributed by atoms with Crippen LogP contribution in [0.4, 0.5) is 5.69 Å². The van der Waals surface area contributed by atoms with Gasteiger partial charge in [0.1, 0.15) is 5.82 Å². The lowest BCUT2D eigenvalue weighted by Crippen LogP contribution is -2.37. The average Bonchev–Trinajstić information content (AvgIpc) is 3.37. The minimum absolute atomic E-state index is 0.0640. The maximum atomic E-state index is 13.7. The van der Waals surface area contributed by atoms with Crippen molar-refractivity contribution < 1.29 is 9.53 Å². The quantitative estimate of drug-likeness (QED) is 0.524. The van der Waals surface area contributed by atoms with E-state index < -0.39 is 0 Å². The van der Waals surface area contributed by atoms with E-state index in [1.54, 1.807) is 0 Å². The number of hydrogen-bond acceptors (Lipinski definition) is 5. The van der Waals surface area contributed by atoms with Crippen molar-refractivity contribution in [1.29, 1.82) is 0 Å². The summed E-state index contributed by atoms with van der Waals surface area (Å²) in [6.45, 7) is 1.81. The van der Waals surface area contributed by atoms with Gasteiger partial charge in [-0.3, -0.25) is 4.79 Å². The first kappa shape index (κ1) is 21.6. The highest BCUT2D eigenvalue weighted by Gasteiger charge is 2.33. The fraction of sp³-hybridized carbons (Fsp3) is 0.423. The van der Waals surface area contributed by atoms with Crippen LogP contribution in [0, 0.1) is 0 Å². The Bertz CT molecular complexity index is 1080. The minimum Gasteiger partial charge on any atom is -0.378 e. The molecule has 1 unspecified atom stereocenters. The molecule has 1 atom stereocenters. The Morgan fingerprint density at radius 3 is 2.45 bits per heavy atom. The maximum absolute atomic E-state index is 13.7. The van der Waals surface area contributed by atoms with Crippen LogP contribution in [-0.4, -0.2) is 58.9 Å². The second-order valence-electron chi connectivity index (χ2n) is 9.20. The van der Waals surface area contributed by atoms with Crippen LogP contribution in [0.2, 0.25) is 0 Å². The van der Waals surface area contributed by atoms with E-state index in [0.29, 0.717) is 19.0 Å². The van der Waals surface area contributed by atoms with Crippen LogP contribution >= 0.6 is 0 Å². The fourth-order valence-corrected chi connectivity index (χ4v) is 4.29. The smallest absolute Gasteiger partial charge is 0.293 e. The van der Waals surface area contributed by atoms with Gasteiger partial charge in [0.05, 0.1) is 11.8 Å². The monoisotopic (exact) mass is 445 g/mol. The normalized spacial score (nSPS) is 17.8. The van der Waals surface area contributed by atoms with E-state index in [-0.39, 0.29) is 17.8 Å². The summed E-state index contributed by atoms with van der Waals surface area (Å²) in [6.07, 6.45) is 4.27. The number of carbonyl (C=O) groups excluding carboxylic acids is 1. The van der Waals surface area contributed by atoms with Crippen molar-refractivity contribution in [1.82, 2.24) is 19.7 Å². The average molecular weight is 446 g/mol. The highest BCUT2D eigenvalue weighted by atomic mass is 16.5. The van der Waals surface area contributed by atoms with Gasteiger partial charge in [-0.15, -0.1) is 5.10 Å². The van der Waals surface area contributed by atoms with Gasteiger partial charge in [-0.25, -0.2) is 9.67 Å². The minimum atomic E-state index is -0.140. The number of anilines is 1. The van der Waals surface area contributed by atoms with Gasteiger partial charge >= 0.3 is 0 Å². The molecule has 2 fully saturated rings. The van der Waals surface area contributed by atoms with Crippen LogP contribution in [0.25, 0.3) is 5.69 Å². The second-order valence-corrected chi connectivity index (χ2v) is 9.20. The van der Waals surface area contributed by atoms with Gasteiger partial charge in [0, 0.05) is 45.4 Å². The topological polar surface area (TPSA) is 63.5 Å². The number of nitrogens with zero attached hydrogens (tertiary/aromatic N) is 5. The molecule has 0 N–H and O–H groups in total. The molecule has 1 aliphatic heterocycles. The summed E-state index contributed by atoms with van der Waals surface area (Å²) in [7, 11) is 4.04. The van der Waals surface area contributed by atoms with Crippen LogP contribution in [0.1, 0.15) is 53.6 Å². The molecule has 1 saturated heterocycles. The number of para-hydroxylation sites is 1. The third-order valence-electron chi connectivity index (χ3n) is 6.33. The fourth-order valence-electron chi connectivity index (χ4n) is 4.29. The summed E-state index contributed by atoms with van der Waals surface area (Å²) >= 11 is 0. The van der Waals surface area contributed by atoms with Gasteiger partial charge in [0.15, 0.2) is 0 Å². The van der Waals surface area contributed by atoms with Gasteiger partial charge in [0.25, 0.3) is 5.91 Å². The Morgan fingerprint density at radius 1 is 1.06 bits per heavy atom. The SMILES string of the molecule is CN(C)c1ccc(CN(CC2CCCO2)C(=O)c2nc(C3CC3)n(-c3ccccc3)n2)cc1. The maximum Gasteiger partial charge on any atom is 0.293 e. The third-order valence-corrected chi connectivity index (χ3v) is 6.33. The Kier molecular flexibility index (Phi) is 6.13. The lowest BCUT2D eigenvalue weighted by Gasteiger charge is -2.25. The molecule has 7 nitrogen and oxygen atoms in total. The molecule has 2 aromatic carbocycles. The molecule has 0 bridgehead atoms. The molecule has 0 radical (unpaired) electrons. The summed E-state index contributed by atoms with van der Waals surface area (Å²) in [4.78, 5) is 22.3. The van der Waals surface area contributed by atoms with Crippen molar-refractivity contribution in [3.05, 3.63) is 71.8 Å². The van der Waals surface area contributed by atoms with E-state index in [4.69, 9.17) is 9.72 Å². The van der Waals surface area contributed by atoms with E-state index in [2.05, 4.69) is 34.3 Å². The first-order valence-corrected chi connectivity index (χ1v) is 11.8. The molecule has 1 amide bonds. The number of ether oxygens (including phenoxy) is 1. The molecule has 172 valence electrons. The summed E-state index contributed by atoms with van der Waals surface area (Å²) in [5.74, 6) is 1.39. The predicted molar refractivity (Wildman–Crippen MR) is 128 cm³/mol. The van der Waals surface area contributed by atoms with E-state index in [0.717, 1.165) is 55.1 Å². The zero-order valence-corrected chi connectivity index (χ0v) is 19.4. The summed E-state index contributed by atoms with van der Waals surface area (Å²) < 4.78 is 7.71. The van der Waals surface area contributed by atoms with Crippen LogP contribution in [0.15, 0.2) is 54.6 Å². The van der Waals surface area contributed by atoms with E-state index >= 15 is 0 Å². The van der Waals surface area contributed by atoms with Crippen LogP contribution in [0.5, 0.6) is 0 Å².